The Labute approximate surface area is 128 Å². The van der Waals surface area contributed by atoms with Crippen molar-refractivity contribution in [1.29, 1.82) is 0 Å². The topological polar surface area (TPSA) is 58.2 Å². The van der Waals surface area contributed by atoms with E-state index in [1.807, 2.05) is 26.0 Å². The van der Waals surface area contributed by atoms with Gasteiger partial charge in [0.1, 0.15) is 0 Å². The van der Waals surface area contributed by atoms with Crippen molar-refractivity contribution < 1.29 is 9.59 Å². The second-order valence-corrected chi connectivity index (χ2v) is 5.64. The van der Waals surface area contributed by atoms with Gasteiger partial charge in [0, 0.05) is 29.0 Å². The van der Waals surface area contributed by atoms with Gasteiger partial charge in [0.25, 0.3) is 5.91 Å². The highest BCUT2D eigenvalue weighted by atomic mass is 79.9. The summed E-state index contributed by atoms with van der Waals surface area (Å²) >= 11 is 3.33. The van der Waals surface area contributed by atoms with Gasteiger partial charge >= 0.3 is 0 Å². The monoisotopic (exact) mass is 340 g/mol. The fourth-order valence-electron chi connectivity index (χ4n) is 1.59. The van der Waals surface area contributed by atoms with Gasteiger partial charge in [0.15, 0.2) is 0 Å². The van der Waals surface area contributed by atoms with Crippen molar-refractivity contribution >= 4 is 27.7 Å². The number of carbonyl (C=O) groups excluding carboxylic acids is 2. The molecule has 2 amide bonds. The van der Waals surface area contributed by atoms with Gasteiger partial charge in [0.2, 0.25) is 5.91 Å². The molecule has 1 aromatic carbocycles. The lowest BCUT2D eigenvalue weighted by Gasteiger charge is -2.10. The Hall–Kier alpha value is -1.36. The van der Waals surface area contributed by atoms with E-state index in [-0.39, 0.29) is 17.7 Å². The summed E-state index contributed by atoms with van der Waals surface area (Å²) in [7, 11) is 0. The Kier molecular flexibility index (Phi) is 7.30. The lowest BCUT2D eigenvalue weighted by Crippen LogP contribution is -2.32. The van der Waals surface area contributed by atoms with Crippen LogP contribution in [0.1, 0.15) is 37.0 Å². The molecule has 1 atom stereocenters. The first kappa shape index (κ1) is 16.7. The first-order chi connectivity index (χ1) is 9.54. The minimum Gasteiger partial charge on any atom is -0.356 e. The number of halogens is 1. The lowest BCUT2D eigenvalue weighted by molar-refractivity contribution is -0.124. The van der Waals surface area contributed by atoms with E-state index in [1.165, 1.54) is 0 Å². The fourth-order valence-corrected chi connectivity index (χ4v) is 1.99. The number of nitrogens with one attached hydrogen (secondary N) is 2. The van der Waals surface area contributed by atoms with Crippen molar-refractivity contribution in [2.45, 2.75) is 26.7 Å². The predicted molar refractivity (Wildman–Crippen MR) is 83.6 cm³/mol. The maximum Gasteiger partial charge on any atom is 0.251 e. The molecule has 20 heavy (non-hydrogen) atoms. The van der Waals surface area contributed by atoms with E-state index in [9.17, 15) is 9.59 Å². The van der Waals surface area contributed by atoms with Crippen LogP contribution < -0.4 is 10.6 Å². The van der Waals surface area contributed by atoms with Crippen LogP contribution in [0.3, 0.4) is 0 Å². The van der Waals surface area contributed by atoms with Crippen LogP contribution in [0.25, 0.3) is 0 Å². The summed E-state index contributed by atoms with van der Waals surface area (Å²) < 4.78 is 0.881. The standard InChI is InChI=1S/C15H21BrN2O2/c1-3-11(2)14(19)17-8-5-9-18-15(20)12-6-4-7-13(16)10-12/h4,6-7,10-11H,3,5,8-9H2,1-2H3,(H,17,19)(H,18,20)/t11-/m0/s1. The van der Waals surface area contributed by atoms with Gasteiger partial charge in [-0.1, -0.05) is 35.8 Å². The van der Waals surface area contributed by atoms with E-state index in [4.69, 9.17) is 0 Å². The zero-order chi connectivity index (χ0) is 15.0. The first-order valence-corrected chi connectivity index (χ1v) is 7.65. The van der Waals surface area contributed by atoms with Crippen molar-refractivity contribution in [3.8, 4) is 0 Å². The average Bonchev–Trinajstić information content (AvgIpc) is 2.45. The number of benzene rings is 1. The maximum atomic E-state index is 11.8. The molecule has 0 aliphatic rings. The summed E-state index contributed by atoms with van der Waals surface area (Å²) in [5.74, 6) is 0.0247. The summed E-state index contributed by atoms with van der Waals surface area (Å²) in [5, 5.41) is 5.69. The number of hydrogen-bond acceptors (Lipinski definition) is 2. The van der Waals surface area contributed by atoms with Crippen LogP contribution in [-0.2, 0) is 4.79 Å². The van der Waals surface area contributed by atoms with Gasteiger partial charge in [-0.15, -0.1) is 0 Å². The summed E-state index contributed by atoms with van der Waals surface area (Å²) in [4.78, 5) is 23.4. The second-order valence-electron chi connectivity index (χ2n) is 4.72. The third kappa shape index (κ3) is 5.74. The Morgan fingerprint density at radius 3 is 2.60 bits per heavy atom. The third-order valence-electron chi connectivity index (χ3n) is 3.09. The van der Waals surface area contributed by atoms with E-state index in [2.05, 4.69) is 26.6 Å². The number of rotatable bonds is 7. The second kappa shape index (κ2) is 8.74. The molecule has 5 heteroatoms. The van der Waals surface area contributed by atoms with Crippen LogP contribution in [0.4, 0.5) is 0 Å². The van der Waals surface area contributed by atoms with E-state index in [0.29, 0.717) is 18.7 Å². The Morgan fingerprint density at radius 1 is 1.25 bits per heavy atom. The first-order valence-electron chi connectivity index (χ1n) is 6.86. The molecular weight excluding hydrogens is 320 g/mol. The SMILES string of the molecule is CC[C@H](C)C(=O)NCCCNC(=O)c1cccc(Br)c1. The molecule has 1 rings (SSSR count). The molecule has 0 radical (unpaired) electrons. The molecule has 0 spiro atoms. The zero-order valence-electron chi connectivity index (χ0n) is 11.9. The van der Waals surface area contributed by atoms with Crippen LogP contribution in [0, 0.1) is 5.92 Å². The molecular formula is C15H21BrN2O2. The molecule has 0 bridgehead atoms. The molecule has 0 fully saturated rings. The molecule has 0 saturated heterocycles. The van der Waals surface area contributed by atoms with Crippen molar-refractivity contribution in [2.75, 3.05) is 13.1 Å². The van der Waals surface area contributed by atoms with E-state index in [0.717, 1.165) is 17.3 Å². The van der Waals surface area contributed by atoms with Crippen LogP contribution >= 0.6 is 15.9 Å². The van der Waals surface area contributed by atoms with Gasteiger partial charge < -0.3 is 10.6 Å². The van der Waals surface area contributed by atoms with E-state index in [1.54, 1.807) is 12.1 Å². The average molecular weight is 341 g/mol. The van der Waals surface area contributed by atoms with Crippen LogP contribution in [0.2, 0.25) is 0 Å². The van der Waals surface area contributed by atoms with Crippen molar-refractivity contribution in [2.24, 2.45) is 5.92 Å². The summed E-state index contributed by atoms with van der Waals surface area (Å²) in [6.07, 6.45) is 1.56. The lowest BCUT2D eigenvalue weighted by atomic mass is 10.1. The van der Waals surface area contributed by atoms with Crippen molar-refractivity contribution in [3.05, 3.63) is 34.3 Å². The molecule has 0 heterocycles. The zero-order valence-corrected chi connectivity index (χ0v) is 13.5. The molecule has 1 aromatic rings. The summed E-state index contributed by atoms with van der Waals surface area (Å²) in [6.45, 7) is 5.03. The Morgan fingerprint density at radius 2 is 1.95 bits per heavy atom. The molecule has 0 aliphatic heterocycles. The fraction of sp³-hybridized carbons (Fsp3) is 0.467. The van der Waals surface area contributed by atoms with Crippen molar-refractivity contribution in [3.63, 3.8) is 0 Å². The molecule has 0 aliphatic carbocycles. The largest absolute Gasteiger partial charge is 0.356 e. The Bertz CT molecular complexity index is 463. The number of amides is 2. The van der Waals surface area contributed by atoms with Crippen LogP contribution in [0.5, 0.6) is 0 Å². The minimum atomic E-state index is -0.0976. The third-order valence-corrected chi connectivity index (χ3v) is 3.58. The molecule has 0 saturated carbocycles. The minimum absolute atomic E-state index is 0.0475. The molecule has 2 N–H and O–H groups in total. The normalized spacial score (nSPS) is 11.8. The Balaban J connectivity index is 2.21. The van der Waals surface area contributed by atoms with Gasteiger partial charge in [-0.25, -0.2) is 0 Å². The van der Waals surface area contributed by atoms with Crippen LogP contribution in [-0.4, -0.2) is 24.9 Å². The van der Waals surface area contributed by atoms with Crippen LogP contribution in [0.15, 0.2) is 28.7 Å². The predicted octanol–water partition coefficient (Wildman–Crippen LogP) is 2.73. The van der Waals surface area contributed by atoms with Gasteiger partial charge in [-0.2, -0.15) is 0 Å². The molecule has 0 unspecified atom stereocenters. The van der Waals surface area contributed by atoms with Gasteiger partial charge in [-0.05, 0) is 31.0 Å². The highest BCUT2D eigenvalue weighted by Gasteiger charge is 2.09. The summed E-state index contributed by atoms with van der Waals surface area (Å²) in [5.41, 5.74) is 0.628. The number of hydrogen-bond donors (Lipinski definition) is 2. The summed E-state index contributed by atoms with van der Waals surface area (Å²) in [6, 6.07) is 7.25. The number of carbonyl (C=O) groups is 2. The van der Waals surface area contributed by atoms with Crippen molar-refractivity contribution in [1.82, 2.24) is 10.6 Å². The molecule has 4 nitrogen and oxygen atoms in total. The highest BCUT2D eigenvalue weighted by molar-refractivity contribution is 9.10. The molecule has 110 valence electrons. The van der Waals surface area contributed by atoms with Gasteiger partial charge in [-0.3, -0.25) is 9.59 Å². The smallest absolute Gasteiger partial charge is 0.251 e. The quantitative estimate of drug-likeness (QED) is 0.750. The maximum absolute atomic E-state index is 11.8. The highest BCUT2D eigenvalue weighted by Crippen LogP contribution is 2.11. The van der Waals surface area contributed by atoms with Gasteiger partial charge in [0.05, 0.1) is 0 Å². The molecule has 0 aromatic heterocycles. The van der Waals surface area contributed by atoms with E-state index < -0.39 is 0 Å². The van der Waals surface area contributed by atoms with E-state index >= 15 is 0 Å².